The van der Waals surface area contributed by atoms with E-state index < -0.39 is 0 Å². The molecular weight excluding hydrogens is 296 g/mol. The Morgan fingerprint density at radius 2 is 1.45 bits per heavy atom. The molecule has 7 heteroatoms. The van der Waals surface area contributed by atoms with Gasteiger partial charge in [0.2, 0.25) is 0 Å². The lowest BCUT2D eigenvalue weighted by Gasteiger charge is -2.17. The molecule has 5 nitrogen and oxygen atoms in total. The Bertz CT molecular complexity index is 504. The maximum atomic E-state index is 5.54. The topological polar surface area (TPSA) is 34.2 Å². The zero-order chi connectivity index (χ0) is 15.3. The van der Waals surface area contributed by atoms with Gasteiger partial charge in [-0.1, -0.05) is 0 Å². The van der Waals surface area contributed by atoms with Crippen LogP contribution in [-0.4, -0.2) is 55.4 Å². The van der Waals surface area contributed by atoms with Gasteiger partial charge in [-0.2, -0.15) is 0 Å². The monoisotopic (exact) mass is 314 g/mol. The van der Waals surface area contributed by atoms with Crippen LogP contribution in [0.2, 0.25) is 0 Å². The molecule has 0 fully saturated rings. The summed E-state index contributed by atoms with van der Waals surface area (Å²) in [6, 6.07) is 5.16. The third-order valence-electron chi connectivity index (χ3n) is 2.27. The number of thiocarbonyl (C=S) groups is 2. The van der Waals surface area contributed by atoms with E-state index in [2.05, 4.69) is 0 Å². The molecule has 1 aromatic rings. The summed E-state index contributed by atoms with van der Waals surface area (Å²) < 4.78 is 16.3. The number of ether oxygens (including phenoxy) is 3. The summed E-state index contributed by atoms with van der Waals surface area (Å²) in [6.45, 7) is 0. The zero-order valence-electron chi connectivity index (χ0n) is 12.2. The van der Waals surface area contributed by atoms with Crippen molar-refractivity contribution in [2.24, 2.45) is 0 Å². The fourth-order valence-corrected chi connectivity index (χ4v) is 1.36. The highest BCUT2D eigenvalue weighted by atomic mass is 32.1. The van der Waals surface area contributed by atoms with Gasteiger partial charge in [0.15, 0.2) is 11.5 Å². The Kier molecular flexibility index (Phi) is 5.97. The molecule has 0 aromatic heterocycles. The highest BCUT2D eigenvalue weighted by Crippen LogP contribution is 2.31. The molecule has 0 radical (unpaired) electrons. The number of benzene rings is 1. The maximum absolute atomic E-state index is 5.54. The van der Waals surface area contributed by atoms with E-state index in [1.807, 2.05) is 28.2 Å². The minimum absolute atomic E-state index is 0.348. The van der Waals surface area contributed by atoms with E-state index in [0.717, 1.165) is 0 Å². The molecule has 20 heavy (non-hydrogen) atoms. The molecule has 0 saturated heterocycles. The van der Waals surface area contributed by atoms with Crippen LogP contribution in [0.3, 0.4) is 0 Å². The first-order chi connectivity index (χ1) is 9.35. The largest absolute Gasteiger partial charge is 0.493 e. The van der Waals surface area contributed by atoms with Crippen molar-refractivity contribution in [2.75, 3.05) is 35.3 Å². The van der Waals surface area contributed by atoms with Crippen molar-refractivity contribution in [1.29, 1.82) is 0 Å². The Labute approximate surface area is 130 Å². The van der Waals surface area contributed by atoms with Gasteiger partial charge in [0.05, 0.1) is 7.11 Å². The molecule has 0 heterocycles. The lowest BCUT2D eigenvalue weighted by molar-refractivity contribution is 0.374. The second-order valence-electron chi connectivity index (χ2n) is 4.34. The molecule has 0 aliphatic heterocycles. The lowest BCUT2D eigenvalue weighted by Crippen LogP contribution is -2.25. The van der Waals surface area contributed by atoms with Crippen molar-refractivity contribution >= 4 is 34.8 Å². The summed E-state index contributed by atoms with van der Waals surface area (Å²) >= 11 is 10.2. The minimum atomic E-state index is 0.348. The van der Waals surface area contributed by atoms with E-state index in [-0.39, 0.29) is 0 Å². The van der Waals surface area contributed by atoms with Crippen molar-refractivity contribution in [1.82, 2.24) is 9.80 Å². The Balaban J connectivity index is 2.90. The second-order valence-corrected chi connectivity index (χ2v) is 5.04. The summed E-state index contributed by atoms with van der Waals surface area (Å²) in [4.78, 5) is 3.40. The van der Waals surface area contributed by atoms with Gasteiger partial charge in [-0.15, -0.1) is 0 Å². The van der Waals surface area contributed by atoms with Gasteiger partial charge in [-0.25, -0.2) is 0 Å². The van der Waals surface area contributed by atoms with Crippen LogP contribution in [0.1, 0.15) is 0 Å². The van der Waals surface area contributed by atoms with Crippen molar-refractivity contribution in [3.8, 4) is 17.2 Å². The first-order valence-electron chi connectivity index (χ1n) is 5.81. The standard InChI is InChI=1S/C13H18N2O3S2/c1-14(2)12(19)17-9-6-7-10(11(8-9)16-5)18-13(20)15(3)4/h6-8H,1-5H3. The molecule has 0 saturated carbocycles. The lowest BCUT2D eigenvalue weighted by atomic mass is 10.3. The molecule has 0 atom stereocenters. The van der Waals surface area contributed by atoms with Gasteiger partial charge in [-0.05, 0) is 36.6 Å². The summed E-state index contributed by atoms with van der Waals surface area (Å²) in [7, 11) is 8.79. The van der Waals surface area contributed by atoms with Crippen LogP contribution in [0, 0.1) is 0 Å². The highest BCUT2D eigenvalue weighted by molar-refractivity contribution is 7.80. The predicted molar refractivity (Wildman–Crippen MR) is 86.8 cm³/mol. The van der Waals surface area contributed by atoms with Crippen molar-refractivity contribution < 1.29 is 14.2 Å². The van der Waals surface area contributed by atoms with E-state index in [1.165, 1.54) is 0 Å². The molecule has 0 aliphatic rings. The van der Waals surface area contributed by atoms with E-state index in [9.17, 15) is 0 Å². The third kappa shape index (κ3) is 4.50. The quantitative estimate of drug-likeness (QED) is 0.791. The number of nitrogens with zero attached hydrogens (tertiary/aromatic N) is 2. The Hall–Kier alpha value is -1.60. The average molecular weight is 314 g/mol. The summed E-state index contributed by atoms with van der Waals surface area (Å²) in [5.74, 6) is 1.62. The third-order valence-corrected chi connectivity index (χ3v) is 3.16. The molecular formula is C13H18N2O3S2. The zero-order valence-corrected chi connectivity index (χ0v) is 13.8. The first kappa shape index (κ1) is 16.5. The maximum Gasteiger partial charge on any atom is 0.264 e. The minimum Gasteiger partial charge on any atom is -0.493 e. The molecule has 0 spiro atoms. The molecule has 0 aliphatic carbocycles. The van der Waals surface area contributed by atoms with Crippen LogP contribution in [-0.2, 0) is 0 Å². The van der Waals surface area contributed by atoms with Crippen molar-refractivity contribution in [3.05, 3.63) is 18.2 Å². The molecule has 0 N–H and O–H groups in total. The number of hydrogen-bond donors (Lipinski definition) is 0. The van der Waals surface area contributed by atoms with Gasteiger partial charge in [0, 0.05) is 34.3 Å². The average Bonchev–Trinajstić information content (AvgIpc) is 2.39. The van der Waals surface area contributed by atoms with Gasteiger partial charge in [0.1, 0.15) is 5.75 Å². The molecule has 1 rings (SSSR count). The molecule has 1 aromatic carbocycles. The normalized spacial score (nSPS) is 9.65. The SMILES string of the molecule is COc1cc(OC(=S)N(C)C)ccc1OC(=S)N(C)C. The van der Waals surface area contributed by atoms with Crippen LogP contribution < -0.4 is 14.2 Å². The summed E-state index contributed by atoms with van der Waals surface area (Å²) in [5.41, 5.74) is 0. The predicted octanol–water partition coefficient (Wildman–Crippen LogP) is 2.15. The molecule has 0 unspecified atom stereocenters. The van der Waals surface area contributed by atoms with Crippen LogP contribution in [0.25, 0.3) is 0 Å². The van der Waals surface area contributed by atoms with Crippen molar-refractivity contribution in [2.45, 2.75) is 0 Å². The van der Waals surface area contributed by atoms with Crippen LogP contribution in [0.5, 0.6) is 17.2 Å². The van der Waals surface area contributed by atoms with Gasteiger partial charge in [0.25, 0.3) is 10.3 Å². The Morgan fingerprint density at radius 1 is 0.900 bits per heavy atom. The van der Waals surface area contributed by atoms with E-state index in [1.54, 1.807) is 35.1 Å². The second kappa shape index (κ2) is 7.25. The molecule has 110 valence electrons. The fourth-order valence-electron chi connectivity index (χ4n) is 1.17. The highest BCUT2D eigenvalue weighted by Gasteiger charge is 2.11. The Morgan fingerprint density at radius 3 is 1.95 bits per heavy atom. The summed E-state index contributed by atoms with van der Waals surface area (Å²) in [6.07, 6.45) is 0. The van der Waals surface area contributed by atoms with Crippen LogP contribution in [0.4, 0.5) is 0 Å². The van der Waals surface area contributed by atoms with Crippen LogP contribution in [0.15, 0.2) is 18.2 Å². The van der Waals surface area contributed by atoms with Crippen LogP contribution >= 0.6 is 24.4 Å². The fraction of sp³-hybridized carbons (Fsp3) is 0.385. The number of rotatable bonds is 3. The number of hydrogen-bond acceptors (Lipinski definition) is 5. The molecule has 0 bridgehead atoms. The number of methoxy groups -OCH3 is 1. The van der Waals surface area contributed by atoms with E-state index in [4.69, 9.17) is 38.6 Å². The smallest absolute Gasteiger partial charge is 0.264 e. The van der Waals surface area contributed by atoms with Crippen molar-refractivity contribution in [3.63, 3.8) is 0 Å². The van der Waals surface area contributed by atoms with Gasteiger partial charge < -0.3 is 24.0 Å². The van der Waals surface area contributed by atoms with Gasteiger partial charge >= 0.3 is 0 Å². The van der Waals surface area contributed by atoms with Gasteiger partial charge in [-0.3, -0.25) is 0 Å². The first-order valence-corrected chi connectivity index (χ1v) is 6.63. The summed E-state index contributed by atoms with van der Waals surface area (Å²) in [5, 5.41) is 0.713. The molecule has 0 amide bonds. The van der Waals surface area contributed by atoms with E-state index in [0.29, 0.717) is 27.6 Å². The van der Waals surface area contributed by atoms with E-state index >= 15 is 0 Å².